The number of halogens is 1. The number of hydrogen-bond donors (Lipinski definition) is 1. The minimum Gasteiger partial charge on any atom is -0.326 e. The van der Waals surface area contributed by atoms with Crippen LogP contribution in [0, 0.1) is 6.92 Å². The predicted molar refractivity (Wildman–Crippen MR) is 79.4 cm³/mol. The number of rotatable bonds is 3. The van der Waals surface area contributed by atoms with Crippen molar-refractivity contribution < 1.29 is 8.42 Å². The summed E-state index contributed by atoms with van der Waals surface area (Å²) in [5, 5.41) is 0. The molecule has 0 amide bonds. The van der Waals surface area contributed by atoms with E-state index < -0.39 is 10.0 Å². The molecular weight excluding hydrogens is 328 g/mol. The Morgan fingerprint density at radius 1 is 1.47 bits per heavy atom. The van der Waals surface area contributed by atoms with Crippen LogP contribution in [0.3, 0.4) is 0 Å². The van der Waals surface area contributed by atoms with Crippen LogP contribution in [0.2, 0.25) is 0 Å². The van der Waals surface area contributed by atoms with E-state index in [4.69, 9.17) is 5.73 Å². The Kier molecular flexibility index (Phi) is 4.35. The van der Waals surface area contributed by atoms with Crippen molar-refractivity contribution in [2.75, 3.05) is 6.54 Å². The lowest BCUT2D eigenvalue weighted by Gasteiger charge is -2.22. The Balaban J connectivity index is 2.54. The SMILES string of the molecule is Cc1c(Br)cc(CN)cc1S(=O)(=O)N1CCCC1C. The molecule has 1 atom stereocenters. The van der Waals surface area contributed by atoms with Gasteiger partial charge in [-0.25, -0.2) is 8.42 Å². The van der Waals surface area contributed by atoms with Gasteiger partial charge < -0.3 is 5.73 Å². The fourth-order valence-corrected chi connectivity index (χ4v) is 5.12. The molecule has 1 fully saturated rings. The zero-order chi connectivity index (χ0) is 14.2. The number of sulfonamides is 1. The normalized spacial score (nSPS) is 20.9. The molecule has 0 aliphatic carbocycles. The molecule has 1 saturated heterocycles. The highest BCUT2D eigenvalue weighted by atomic mass is 79.9. The molecule has 1 heterocycles. The molecule has 19 heavy (non-hydrogen) atoms. The fraction of sp³-hybridized carbons (Fsp3) is 0.538. The molecule has 1 aliphatic rings. The van der Waals surface area contributed by atoms with Crippen LogP contribution in [0.4, 0.5) is 0 Å². The van der Waals surface area contributed by atoms with E-state index in [1.807, 2.05) is 19.9 Å². The van der Waals surface area contributed by atoms with Crippen LogP contribution in [-0.2, 0) is 16.6 Å². The third kappa shape index (κ3) is 2.72. The summed E-state index contributed by atoms with van der Waals surface area (Å²) < 4.78 is 27.9. The van der Waals surface area contributed by atoms with Gasteiger partial charge in [0.25, 0.3) is 0 Å². The van der Waals surface area contributed by atoms with Crippen molar-refractivity contribution in [3.8, 4) is 0 Å². The third-order valence-corrected chi connectivity index (χ3v) is 6.63. The highest BCUT2D eigenvalue weighted by Crippen LogP contribution is 2.31. The largest absolute Gasteiger partial charge is 0.326 e. The number of benzene rings is 1. The summed E-state index contributed by atoms with van der Waals surface area (Å²) >= 11 is 3.42. The summed E-state index contributed by atoms with van der Waals surface area (Å²) in [6, 6.07) is 3.65. The number of nitrogens with two attached hydrogens (primary N) is 1. The van der Waals surface area contributed by atoms with Gasteiger partial charge in [-0.15, -0.1) is 0 Å². The molecule has 0 saturated carbocycles. The van der Waals surface area contributed by atoms with Crippen LogP contribution < -0.4 is 5.73 Å². The van der Waals surface area contributed by atoms with Crippen LogP contribution in [0.1, 0.15) is 30.9 Å². The standard InChI is InChI=1S/C13H19BrN2O2S/c1-9-4-3-5-16(9)19(17,18)13-7-11(8-15)6-12(14)10(13)2/h6-7,9H,3-5,8,15H2,1-2H3. The Labute approximate surface area is 123 Å². The van der Waals surface area contributed by atoms with E-state index >= 15 is 0 Å². The van der Waals surface area contributed by atoms with E-state index in [1.54, 1.807) is 10.4 Å². The van der Waals surface area contributed by atoms with Crippen molar-refractivity contribution >= 4 is 26.0 Å². The quantitative estimate of drug-likeness (QED) is 0.913. The molecule has 0 spiro atoms. The maximum atomic E-state index is 12.8. The van der Waals surface area contributed by atoms with Crippen LogP contribution in [0.5, 0.6) is 0 Å². The van der Waals surface area contributed by atoms with Crippen molar-refractivity contribution in [2.24, 2.45) is 5.73 Å². The maximum absolute atomic E-state index is 12.8. The summed E-state index contributed by atoms with van der Waals surface area (Å²) in [7, 11) is -3.43. The van der Waals surface area contributed by atoms with Gasteiger partial charge in [0.05, 0.1) is 4.90 Å². The second kappa shape index (κ2) is 5.52. The summed E-state index contributed by atoms with van der Waals surface area (Å²) in [6.07, 6.45) is 1.85. The summed E-state index contributed by atoms with van der Waals surface area (Å²) in [6.45, 7) is 4.71. The van der Waals surface area contributed by atoms with Gasteiger partial charge in [0.1, 0.15) is 0 Å². The number of nitrogens with zero attached hydrogens (tertiary/aromatic N) is 1. The molecule has 4 nitrogen and oxygen atoms in total. The molecule has 6 heteroatoms. The molecule has 0 aromatic heterocycles. The maximum Gasteiger partial charge on any atom is 0.243 e. The molecule has 0 bridgehead atoms. The first-order chi connectivity index (χ1) is 8.87. The van der Waals surface area contributed by atoms with Crippen LogP contribution in [0.15, 0.2) is 21.5 Å². The van der Waals surface area contributed by atoms with Gasteiger partial charge in [-0.05, 0) is 49.9 Å². The second-order valence-corrected chi connectivity index (χ2v) is 7.73. The van der Waals surface area contributed by atoms with E-state index in [0.29, 0.717) is 18.0 Å². The third-order valence-electron chi connectivity index (χ3n) is 3.67. The minimum atomic E-state index is -3.43. The first-order valence-electron chi connectivity index (χ1n) is 6.39. The lowest BCUT2D eigenvalue weighted by Crippen LogP contribution is -2.34. The van der Waals surface area contributed by atoms with E-state index in [-0.39, 0.29) is 6.04 Å². The number of hydrogen-bond acceptors (Lipinski definition) is 3. The van der Waals surface area contributed by atoms with Gasteiger partial charge in [0.15, 0.2) is 0 Å². The second-order valence-electron chi connectivity index (χ2n) is 5.01. The molecule has 106 valence electrons. The van der Waals surface area contributed by atoms with Gasteiger partial charge >= 0.3 is 0 Å². The Hall–Kier alpha value is -0.430. The van der Waals surface area contributed by atoms with E-state index in [2.05, 4.69) is 15.9 Å². The lowest BCUT2D eigenvalue weighted by molar-refractivity contribution is 0.408. The molecule has 1 aromatic rings. The highest BCUT2D eigenvalue weighted by molar-refractivity contribution is 9.10. The molecule has 0 radical (unpaired) electrons. The lowest BCUT2D eigenvalue weighted by atomic mass is 10.1. The zero-order valence-corrected chi connectivity index (χ0v) is 13.6. The van der Waals surface area contributed by atoms with Crippen molar-refractivity contribution in [3.63, 3.8) is 0 Å². The minimum absolute atomic E-state index is 0.0738. The monoisotopic (exact) mass is 346 g/mol. The summed E-state index contributed by atoms with van der Waals surface area (Å²) in [5.74, 6) is 0. The Morgan fingerprint density at radius 2 is 2.16 bits per heavy atom. The zero-order valence-electron chi connectivity index (χ0n) is 11.2. The van der Waals surface area contributed by atoms with Gasteiger partial charge in [-0.1, -0.05) is 15.9 Å². The van der Waals surface area contributed by atoms with Crippen molar-refractivity contribution in [3.05, 3.63) is 27.7 Å². The first kappa shape index (κ1) is 15.0. The van der Waals surface area contributed by atoms with Crippen molar-refractivity contribution in [2.45, 2.75) is 44.2 Å². The van der Waals surface area contributed by atoms with Gasteiger partial charge in [-0.3, -0.25) is 0 Å². The topological polar surface area (TPSA) is 63.4 Å². The van der Waals surface area contributed by atoms with Gasteiger partial charge in [-0.2, -0.15) is 4.31 Å². The van der Waals surface area contributed by atoms with Gasteiger partial charge in [0.2, 0.25) is 10.0 Å². The molecule has 2 N–H and O–H groups in total. The van der Waals surface area contributed by atoms with E-state index in [9.17, 15) is 8.42 Å². The summed E-state index contributed by atoms with van der Waals surface area (Å²) in [4.78, 5) is 0.371. The Morgan fingerprint density at radius 3 is 2.68 bits per heavy atom. The molecule has 1 aromatic carbocycles. The van der Waals surface area contributed by atoms with Crippen LogP contribution >= 0.6 is 15.9 Å². The smallest absolute Gasteiger partial charge is 0.243 e. The molecule has 2 rings (SSSR count). The average Bonchev–Trinajstić information content (AvgIpc) is 2.79. The predicted octanol–water partition coefficient (Wildman–Crippen LogP) is 2.39. The highest BCUT2D eigenvalue weighted by Gasteiger charge is 2.33. The van der Waals surface area contributed by atoms with E-state index in [0.717, 1.165) is 28.4 Å². The van der Waals surface area contributed by atoms with Crippen LogP contribution in [-0.4, -0.2) is 25.3 Å². The summed E-state index contributed by atoms with van der Waals surface area (Å²) in [5.41, 5.74) is 7.20. The molecule has 1 aliphatic heterocycles. The first-order valence-corrected chi connectivity index (χ1v) is 8.62. The van der Waals surface area contributed by atoms with E-state index in [1.165, 1.54) is 0 Å². The van der Waals surface area contributed by atoms with Gasteiger partial charge in [0, 0.05) is 23.6 Å². The fourth-order valence-electron chi connectivity index (χ4n) is 2.48. The Bertz CT molecular complexity index is 587. The van der Waals surface area contributed by atoms with Crippen molar-refractivity contribution in [1.82, 2.24) is 4.31 Å². The van der Waals surface area contributed by atoms with Crippen molar-refractivity contribution in [1.29, 1.82) is 0 Å². The molecule has 1 unspecified atom stereocenters. The average molecular weight is 347 g/mol. The van der Waals surface area contributed by atoms with Crippen LogP contribution in [0.25, 0.3) is 0 Å². The molecular formula is C13H19BrN2O2S.